The molecule has 0 bridgehead atoms. The van der Waals surface area contributed by atoms with Crippen LogP contribution in [-0.4, -0.2) is 16.5 Å². The van der Waals surface area contributed by atoms with Crippen molar-refractivity contribution in [2.24, 2.45) is 5.73 Å². The molecule has 1 heterocycles. The van der Waals surface area contributed by atoms with Crippen molar-refractivity contribution in [2.45, 2.75) is 37.3 Å². The van der Waals surface area contributed by atoms with E-state index in [0.29, 0.717) is 12.3 Å². The Hall–Kier alpha value is -1.10. The largest absolute Gasteiger partial charge is 0.330 e. The summed E-state index contributed by atoms with van der Waals surface area (Å²) in [4.78, 5) is 10.3. The molecule has 5 heteroatoms. The summed E-state index contributed by atoms with van der Waals surface area (Å²) >= 11 is 7.82. The van der Waals surface area contributed by atoms with Gasteiger partial charge in [0.1, 0.15) is 5.82 Å². The molecule has 0 fully saturated rings. The Bertz CT molecular complexity index is 608. The summed E-state index contributed by atoms with van der Waals surface area (Å²) < 4.78 is 0. The van der Waals surface area contributed by atoms with Crippen LogP contribution in [0.15, 0.2) is 29.2 Å². The van der Waals surface area contributed by atoms with Gasteiger partial charge in [-0.3, -0.25) is 0 Å². The predicted molar refractivity (Wildman–Crippen MR) is 90.0 cm³/mol. The van der Waals surface area contributed by atoms with Crippen molar-refractivity contribution in [3.05, 3.63) is 52.1 Å². The van der Waals surface area contributed by atoms with Crippen LogP contribution in [0.3, 0.4) is 0 Å². The third-order valence-electron chi connectivity index (χ3n) is 3.41. The second-order valence-corrected chi connectivity index (χ2v) is 6.50. The fourth-order valence-electron chi connectivity index (χ4n) is 2.39. The highest BCUT2D eigenvalue weighted by Gasteiger charge is 2.14. The van der Waals surface area contributed by atoms with Crippen LogP contribution in [0, 0.1) is 13.8 Å². The summed E-state index contributed by atoms with van der Waals surface area (Å²) in [6.45, 7) is 6.77. The molecule has 21 heavy (non-hydrogen) atoms. The van der Waals surface area contributed by atoms with Crippen LogP contribution in [0.2, 0.25) is 5.02 Å². The standard InChI is InChI=1S/C16H20ClN3S/c1-10(8-18)16-11(2)19-15(20-12(16)3)9-21-14-7-5-4-6-13(14)17/h4-7,10H,8-9,18H2,1-3H3. The van der Waals surface area contributed by atoms with Gasteiger partial charge in [0.25, 0.3) is 0 Å². The van der Waals surface area contributed by atoms with Crippen molar-refractivity contribution in [1.82, 2.24) is 9.97 Å². The van der Waals surface area contributed by atoms with Crippen LogP contribution in [0.5, 0.6) is 0 Å². The zero-order chi connectivity index (χ0) is 15.4. The minimum Gasteiger partial charge on any atom is -0.330 e. The second-order valence-electron chi connectivity index (χ2n) is 5.08. The molecule has 0 spiro atoms. The van der Waals surface area contributed by atoms with E-state index in [1.807, 2.05) is 38.1 Å². The first-order valence-corrected chi connectivity index (χ1v) is 8.30. The minimum absolute atomic E-state index is 0.287. The summed E-state index contributed by atoms with van der Waals surface area (Å²) in [5.74, 6) is 1.83. The Morgan fingerprint density at radius 2 is 1.81 bits per heavy atom. The molecule has 1 atom stereocenters. The van der Waals surface area contributed by atoms with Gasteiger partial charge in [0.05, 0.1) is 10.8 Å². The van der Waals surface area contributed by atoms with Gasteiger partial charge in [-0.2, -0.15) is 0 Å². The van der Waals surface area contributed by atoms with Crippen LogP contribution >= 0.6 is 23.4 Å². The molecule has 0 radical (unpaired) electrons. The van der Waals surface area contributed by atoms with Crippen LogP contribution in [-0.2, 0) is 5.75 Å². The number of nitrogens with two attached hydrogens (primary N) is 1. The summed E-state index contributed by atoms with van der Waals surface area (Å²) in [5, 5.41) is 0.768. The van der Waals surface area contributed by atoms with Crippen molar-refractivity contribution in [3.8, 4) is 0 Å². The molecule has 1 aromatic carbocycles. The molecule has 1 unspecified atom stereocenters. The zero-order valence-corrected chi connectivity index (χ0v) is 14.1. The molecule has 3 nitrogen and oxygen atoms in total. The zero-order valence-electron chi connectivity index (χ0n) is 12.6. The van der Waals surface area contributed by atoms with Gasteiger partial charge in [-0.25, -0.2) is 9.97 Å². The van der Waals surface area contributed by atoms with Crippen molar-refractivity contribution < 1.29 is 0 Å². The number of hydrogen-bond donors (Lipinski definition) is 1. The third-order valence-corrected chi connectivity index (χ3v) is 4.92. The highest BCUT2D eigenvalue weighted by molar-refractivity contribution is 7.98. The van der Waals surface area contributed by atoms with Gasteiger partial charge in [-0.15, -0.1) is 11.8 Å². The van der Waals surface area contributed by atoms with Gasteiger partial charge in [0.2, 0.25) is 0 Å². The van der Waals surface area contributed by atoms with Gasteiger partial charge in [-0.1, -0.05) is 30.7 Å². The lowest BCUT2D eigenvalue weighted by atomic mass is 9.98. The number of benzene rings is 1. The smallest absolute Gasteiger partial charge is 0.139 e. The highest BCUT2D eigenvalue weighted by Crippen LogP contribution is 2.29. The molecule has 2 aromatic rings. The van der Waals surface area contributed by atoms with E-state index in [4.69, 9.17) is 17.3 Å². The Labute approximate surface area is 135 Å². The normalized spacial score (nSPS) is 12.4. The summed E-state index contributed by atoms with van der Waals surface area (Å²) in [6.07, 6.45) is 0. The lowest BCUT2D eigenvalue weighted by molar-refractivity contribution is 0.736. The van der Waals surface area contributed by atoms with E-state index in [1.54, 1.807) is 11.8 Å². The van der Waals surface area contributed by atoms with Crippen molar-refractivity contribution in [1.29, 1.82) is 0 Å². The summed E-state index contributed by atoms with van der Waals surface area (Å²) in [5.41, 5.74) is 8.97. The number of thioether (sulfide) groups is 1. The Kier molecular flexibility index (Phi) is 5.62. The van der Waals surface area contributed by atoms with E-state index < -0.39 is 0 Å². The molecule has 0 amide bonds. The maximum atomic E-state index is 6.16. The maximum absolute atomic E-state index is 6.16. The monoisotopic (exact) mass is 321 g/mol. The number of rotatable bonds is 5. The fraction of sp³-hybridized carbons (Fsp3) is 0.375. The number of halogens is 1. The van der Waals surface area contributed by atoms with Crippen LogP contribution in [0.4, 0.5) is 0 Å². The van der Waals surface area contributed by atoms with Crippen LogP contribution < -0.4 is 5.73 Å². The predicted octanol–water partition coefficient (Wildman–Crippen LogP) is 4.10. The van der Waals surface area contributed by atoms with Crippen LogP contribution in [0.1, 0.15) is 35.6 Å². The topological polar surface area (TPSA) is 51.8 Å². The first-order chi connectivity index (χ1) is 10.0. The average molecular weight is 322 g/mol. The van der Waals surface area contributed by atoms with Gasteiger partial charge in [0, 0.05) is 16.3 Å². The molecule has 1 aromatic heterocycles. The minimum atomic E-state index is 0.287. The molecule has 0 aliphatic carbocycles. The SMILES string of the molecule is Cc1nc(CSc2ccccc2Cl)nc(C)c1C(C)CN. The maximum Gasteiger partial charge on any atom is 0.139 e. The molecule has 0 aliphatic heterocycles. The van der Waals surface area contributed by atoms with E-state index in [1.165, 1.54) is 5.56 Å². The quantitative estimate of drug-likeness (QED) is 0.842. The third kappa shape index (κ3) is 3.96. The van der Waals surface area contributed by atoms with Crippen molar-refractivity contribution in [3.63, 3.8) is 0 Å². The van der Waals surface area contributed by atoms with Gasteiger partial charge >= 0.3 is 0 Å². The molecule has 0 saturated heterocycles. The van der Waals surface area contributed by atoms with E-state index >= 15 is 0 Å². The molecular formula is C16H20ClN3S. The number of nitrogens with zero attached hydrogens (tertiary/aromatic N) is 2. The average Bonchev–Trinajstić information content (AvgIpc) is 2.45. The fourth-order valence-corrected chi connectivity index (χ4v) is 3.49. The number of hydrogen-bond acceptors (Lipinski definition) is 4. The Morgan fingerprint density at radius 3 is 2.38 bits per heavy atom. The number of aromatic nitrogens is 2. The van der Waals surface area contributed by atoms with Gasteiger partial charge in [0.15, 0.2) is 0 Å². The summed E-state index contributed by atoms with van der Waals surface area (Å²) in [6, 6.07) is 7.82. The molecular weight excluding hydrogens is 302 g/mol. The Balaban J connectivity index is 2.17. The van der Waals surface area contributed by atoms with E-state index in [-0.39, 0.29) is 5.92 Å². The second kappa shape index (κ2) is 7.25. The molecule has 112 valence electrons. The molecule has 2 rings (SSSR count). The van der Waals surface area contributed by atoms with E-state index in [0.717, 1.165) is 27.1 Å². The van der Waals surface area contributed by atoms with Gasteiger partial charge in [-0.05, 0) is 44.0 Å². The molecule has 0 saturated carbocycles. The number of aryl methyl sites for hydroxylation is 2. The lowest BCUT2D eigenvalue weighted by Crippen LogP contribution is -2.14. The lowest BCUT2D eigenvalue weighted by Gasteiger charge is -2.15. The van der Waals surface area contributed by atoms with Crippen molar-refractivity contribution >= 4 is 23.4 Å². The van der Waals surface area contributed by atoms with Crippen LogP contribution in [0.25, 0.3) is 0 Å². The van der Waals surface area contributed by atoms with E-state index in [2.05, 4.69) is 16.9 Å². The first-order valence-electron chi connectivity index (χ1n) is 6.94. The molecule has 0 aliphatic rings. The van der Waals surface area contributed by atoms with E-state index in [9.17, 15) is 0 Å². The highest BCUT2D eigenvalue weighted by atomic mass is 35.5. The summed E-state index contributed by atoms with van der Waals surface area (Å²) in [7, 11) is 0. The first kappa shape index (κ1) is 16.3. The molecule has 2 N–H and O–H groups in total. The van der Waals surface area contributed by atoms with Gasteiger partial charge < -0.3 is 5.73 Å². The van der Waals surface area contributed by atoms with Crippen molar-refractivity contribution in [2.75, 3.05) is 6.54 Å². The Morgan fingerprint density at radius 1 is 1.19 bits per heavy atom.